The molecule has 0 aromatic heterocycles. The van der Waals surface area contributed by atoms with Crippen LogP contribution < -0.4 is 18.9 Å². The molecule has 1 amide bonds. The monoisotopic (exact) mass is 367 g/mol. The van der Waals surface area contributed by atoms with Crippen LogP contribution in [-0.4, -0.2) is 37.9 Å². The molecule has 2 heterocycles. The molecule has 140 valence electrons. The highest BCUT2D eigenvalue weighted by atomic mass is 16.7. The van der Waals surface area contributed by atoms with Crippen molar-refractivity contribution < 1.29 is 23.7 Å². The van der Waals surface area contributed by atoms with Crippen molar-refractivity contribution >= 4 is 12.0 Å². The number of likely N-dealkylation sites (N-methyl/N-ethyl adjacent to an activating group) is 1. The van der Waals surface area contributed by atoms with E-state index in [1.54, 1.807) is 24.1 Å². The van der Waals surface area contributed by atoms with Gasteiger partial charge in [-0.1, -0.05) is 12.1 Å². The van der Waals surface area contributed by atoms with Crippen LogP contribution in [0.4, 0.5) is 0 Å². The summed E-state index contributed by atoms with van der Waals surface area (Å²) in [6.07, 6.45) is 4.21. The molecule has 27 heavy (non-hydrogen) atoms. The predicted octanol–water partition coefficient (Wildman–Crippen LogP) is 3.25. The van der Waals surface area contributed by atoms with Gasteiger partial charge in [0.15, 0.2) is 23.0 Å². The number of carbonyl (C=O) groups excluding carboxylic acids is 1. The third-order valence-corrected chi connectivity index (χ3v) is 4.42. The Morgan fingerprint density at radius 1 is 0.963 bits per heavy atom. The molecule has 0 bridgehead atoms. The molecule has 0 aliphatic carbocycles. The molecule has 2 aliphatic heterocycles. The van der Waals surface area contributed by atoms with E-state index in [9.17, 15) is 4.79 Å². The van der Waals surface area contributed by atoms with Gasteiger partial charge < -0.3 is 23.8 Å². The second kappa shape index (κ2) is 7.61. The second-order valence-electron chi connectivity index (χ2n) is 6.47. The first-order valence-electron chi connectivity index (χ1n) is 8.90. The molecular weight excluding hydrogens is 346 g/mol. The van der Waals surface area contributed by atoms with Gasteiger partial charge >= 0.3 is 0 Å². The van der Waals surface area contributed by atoms with E-state index in [1.165, 1.54) is 0 Å². The maximum Gasteiger partial charge on any atom is 0.246 e. The van der Waals surface area contributed by atoms with Gasteiger partial charge in [-0.3, -0.25) is 4.79 Å². The van der Waals surface area contributed by atoms with Gasteiger partial charge in [0.05, 0.1) is 13.2 Å². The number of carbonyl (C=O) groups is 1. The van der Waals surface area contributed by atoms with Gasteiger partial charge in [-0.25, -0.2) is 0 Å². The lowest BCUT2D eigenvalue weighted by Crippen LogP contribution is -2.24. The van der Waals surface area contributed by atoms with Gasteiger partial charge in [0.1, 0.15) is 0 Å². The van der Waals surface area contributed by atoms with Crippen LogP contribution in [0.2, 0.25) is 0 Å². The molecule has 2 aromatic carbocycles. The molecule has 0 spiro atoms. The first kappa shape index (κ1) is 17.3. The summed E-state index contributed by atoms with van der Waals surface area (Å²) in [6, 6.07) is 11.4. The molecule has 0 unspecified atom stereocenters. The Morgan fingerprint density at radius 3 is 2.56 bits per heavy atom. The summed E-state index contributed by atoms with van der Waals surface area (Å²) in [5.74, 6) is 2.84. The molecule has 2 aliphatic rings. The zero-order valence-electron chi connectivity index (χ0n) is 15.1. The summed E-state index contributed by atoms with van der Waals surface area (Å²) in [5, 5.41) is 0. The van der Waals surface area contributed by atoms with Crippen LogP contribution in [0.25, 0.3) is 6.08 Å². The molecule has 0 saturated carbocycles. The number of benzene rings is 2. The van der Waals surface area contributed by atoms with Gasteiger partial charge in [-0.2, -0.15) is 0 Å². The lowest BCUT2D eigenvalue weighted by molar-refractivity contribution is -0.125. The Morgan fingerprint density at radius 2 is 1.67 bits per heavy atom. The Balaban J connectivity index is 1.40. The summed E-state index contributed by atoms with van der Waals surface area (Å²) in [4.78, 5) is 14.1. The minimum Gasteiger partial charge on any atom is -0.490 e. The predicted molar refractivity (Wildman–Crippen MR) is 100 cm³/mol. The topological polar surface area (TPSA) is 57.2 Å². The number of hydrogen-bond acceptors (Lipinski definition) is 5. The van der Waals surface area contributed by atoms with Crippen molar-refractivity contribution in [2.45, 2.75) is 13.0 Å². The summed E-state index contributed by atoms with van der Waals surface area (Å²) in [7, 11) is 1.77. The largest absolute Gasteiger partial charge is 0.490 e. The molecule has 4 rings (SSSR count). The zero-order valence-corrected chi connectivity index (χ0v) is 15.1. The maximum atomic E-state index is 12.4. The Kier molecular flexibility index (Phi) is 4.87. The van der Waals surface area contributed by atoms with Crippen molar-refractivity contribution in [2.75, 3.05) is 27.1 Å². The van der Waals surface area contributed by atoms with E-state index in [1.807, 2.05) is 36.4 Å². The number of ether oxygens (including phenoxy) is 4. The normalized spacial score (nSPS) is 14.9. The minimum absolute atomic E-state index is 0.0835. The van der Waals surface area contributed by atoms with Gasteiger partial charge in [0.2, 0.25) is 12.7 Å². The quantitative estimate of drug-likeness (QED) is 0.777. The highest BCUT2D eigenvalue weighted by molar-refractivity contribution is 5.91. The van der Waals surface area contributed by atoms with Crippen LogP contribution in [0.1, 0.15) is 17.5 Å². The van der Waals surface area contributed by atoms with Crippen molar-refractivity contribution in [1.29, 1.82) is 0 Å². The zero-order chi connectivity index (χ0) is 18.6. The van der Waals surface area contributed by atoms with Crippen LogP contribution in [0, 0.1) is 0 Å². The first-order chi connectivity index (χ1) is 13.2. The van der Waals surface area contributed by atoms with E-state index in [-0.39, 0.29) is 12.7 Å². The number of hydrogen-bond donors (Lipinski definition) is 0. The molecule has 0 atom stereocenters. The molecular formula is C21H21NO5. The smallest absolute Gasteiger partial charge is 0.246 e. The number of nitrogens with zero attached hydrogens (tertiary/aromatic N) is 1. The fraction of sp³-hybridized carbons (Fsp3) is 0.286. The van der Waals surface area contributed by atoms with E-state index in [2.05, 4.69) is 0 Å². The van der Waals surface area contributed by atoms with Crippen LogP contribution in [0.15, 0.2) is 42.5 Å². The molecule has 2 aromatic rings. The average molecular weight is 367 g/mol. The summed E-state index contributed by atoms with van der Waals surface area (Å²) < 4.78 is 22.0. The molecule has 6 nitrogen and oxygen atoms in total. The van der Waals surface area contributed by atoms with E-state index in [0.717, 1.165) is 40.5 Å². The van der Waals surface area contributed by atoms with E-state index < -0.39 is 0 Å². The first-order valence-corrected chi connectivity index (χ1v) is 8.90. The van der Waals surface area contributed by atoms with Crippen LogP contribution >= 0.6 is 0 Å². The van der Waals surface area contributed by atoms with Crippen molar-refractivity contribution in [2.24, 2.45) is 0 Å². The van der Waals surface area contributed by atoms with Crippen LogP contribution in [0.3, 0.4) is 0 Å². The van der Waals surface area contributed by atoms with Crippen molar-refractivity contribution in [3.63, 3.8) is 0 Å². The van der Waals surface area contributed by atoms with E-state index >= 15 is 0 Å². The van der Waals surface area contributed by atoms with Crippen LogP contribution in [0.5, 0.6) is 23.0 Å². The fourth-order valence-corrected chi connectivity index (χ4v) is 2.97. The lowest BCUT2D eigenvalue weighted by atomic mass is 10.1. The maximum absolute atomic E-state index is 12.4. The Hall–Kier alpha value is -3.15. The summed E-state index contributed by atoms with van der Waals surface area (Å²) in [5.41, 5.74) is 1.88. The molecule has 0 saturated heterocycles. The number of amides is 1. The highest BCUT2D eigenvalue weighted by Gasteiger charge is 2.15. The van der Waals surface area contributed by atoms with Crippen molar-refractivity contribution in [3.8, 4) is 23.0 Å². The van der Waals surface area contributed by atoms with E-state index in [0.29, 0.717) is 19.8 Å². The highest BCUT2D eigenvalue weighted by Crippen LogP contribution is 2.33. The van der Waals surface area contributed by atoms with Gasteiger partial charge in [-0.05, 0) is 41.5 Å². The standard InChI is InChI=1S/C21H21NO5/c1-22(13-16-4-7-18-20(12-16)27-14-26-18)21(23)8-5-15-3-6-17-19(11-15)25-10-2-9-24-17/h3-8,11-12H,2,9-10,13-14H2,1H3. The fourth-order valence-electron chi connectivity index (χ4n) is 2.97. The average Bonchev–Trinajstić information content (AvgIpc) is 3.02. The third kappa shape index (κ3) is 4.00. The number of rotatable bonds is 4. The van der Waals surface area contributed by atoms with Crippen molar-refractivity contribution in [1.82, 2.24) is 4.90 Å². The Bertz CT molecular complexity index is 877. The number of fused-ring (bicyclic) bond motifs is 2. The molecule has 6 heteroatoms. The van der Waals surface area contributed by atoms with Gasteiger partial charge in [0, 0.05) is 26.1 Å². The van der Waals surface area contributed by atoms with Gasteiger partial charge in [0.25, 0.3) is 0 Å². The lowest BCUT2D eigenvalue weighted by Gasteiger charge is -2.15. The van der Waals surface area contributed by atoms with Gasteiger partial charge in [-0.15, -0.1) is 0 Å². The summed E-state index contributed by atoms with van der Waals surface area (Å²) in [6.45, 7) is 2.02. The molecule has 0 N–H and O–H groups in total. The minimum atomic E-state index is -0.0835. The third-order valence-electron chi connectivity index (χ3n) is 4.42. The molecule has 0 fully saturated rings. The van der Waals surface area contributed by atoms with Crippen molar-refractivity contribution in [3.05, 3.63) is 53.6 Å². The summed E-state index contributed by atoms with van der Waals surface area (Å²) >= 11 is 0. The SMILES string of the molecule is CN(Cc1ccc2c(c1)OCO2)C(=O)C=Cc1ccc2c(c1)OCCCO2. The van der Waals surface area contributed by atoms with Crippen LogP contribution in [-0.2, 0) is 11.3 Å². The Labute approximate surface area is 157 Å². The second-order valence-corrected chi connectivity index (χ2v) is 6.47. The molecule has 0 radical (unpaired) electrons. The van der Waals surface area contributed by atoms with E-state index in [4.69, 9.17) is 18.9 Å².